The lowest BCUT2D eigenvalue weighted by Crippen LogP contribution is -2.25. The van der Waals surface area contributed by atoms with E-state index >= 15 is 0 Å². The molecule has 9 aromatic carbocycles. The molecule has 0 N–H and O–H groups in total. The zero-order valence-electron chi connectivity index (χ0n) is 51.1. The van der Waals surface area contributed by atoms with E-state index < -0.39 is 0 Å². The van der Waals surface area contributed by atoms with Crippen molar-refractivity contribution in [3.63, 3.8) is 0 Å². The quantitative estimate of drug-likeness (QED) is 0.0444. The van der Waals surface area contributed by atoms with E-state index in [1.54, 1.807) is 11.1 Å². The van der Waals surface area contributed by atoms with E-state index in [9.17, 15) is 0 Å². The monoisotopic (exact) mass is 1100 g/mol. The summed E-state index contributed by atoms with van der Waals surface area (Å²) in [5, 5.41) is 2.59. The van der Waals surface area contributed by atoms with Gasteiger partial charge >= 0.3 is 0 Å². The van der Waals surface area contributed by atoms with E-state index in [-0.39, 0.29) is 10.8 Å². The summed E-state index contributed by atoms with van der Waals surface area (Å²) < 4.78 is 2.57. The Hall–Kier alpha value is -7.42. The van der Waals surface area contributed by atoms with Crippen LogP contribution in [0.15, 0.2) is 206 Å². The van der Waals surface area contributed by atoms with Gasteiger partial charge in [-0.2, -0.15) is 0 Å². The maximum atomic E-state index is 2.64. The molecule has 0 unspecified atom stereocenters. The molecule has 2 heteroatoms. The first-order valence-electron chi connectivity index (χ1n) is 33.0. The topological polar surface area (TPSA) is 8.17 Å². The average Bonchev–Trinajstić information content (AvgIpc) is 2.43. The van der Waals surface area contributed by atoms with Crippen LogP contribution in [0.4, 0.5) is 17.1 Å². The second-order valence-corrected chi connectivity index (χ2v) is 25.5. The SMILES string of the molecule is CCCCCCCCCCCCC1(CCCCCCCCCCCC)c2ccccc2-c2ccc(-n3c4ccccc4c4cc(-c5ccc(N(c6ccc(-c7ccccc7)cc6)c6ccc7c(c6)C(C)(C)c6ccccc6-7)cc5)ccc43)cc21. The van der Waals surface area contributed by atoms with Gasteiger partial charge in [0.15, 0.2) is 0 Å². The van der Waals surface area contributed by atoms with Crippen LogP contribution in [0.25, 0.3) is 72.0 Å². The minimum absolute atomic E-state index is 0.0184. The third-order valence-electron chi connectivity index (χ3n) is 19.6. The standard InChI is InChI=1S/C82H90N2/c1-5-7-9-11-13-15-17-19-21-32-56-82(57-33-22-20-18-16-14-12-10-8-6-2)76-40-30-27-37-70(76)72-54-52-68(60-78(72)82)84-79-41-31-28-38-73(79)74-58-64(46-55-80(74)84)63-44-49-66(50-45-63)83(65-47-42-62(43-48-65)61-34-24-23-25-35-61)67-51-53-71-69-36-26-29-39-75(69)81(3,4)77(71)59-67/h23-31,34-55,58-60H,5-22,32-33,56-57H2,1-4H3. The van der Waals surface area contributed by atoms with Crippen LogP contribution >= 0.6 is 0 Å². The van der Waals surface area contributed by atoms with Gasteiger partial charge in [-0.25, -0.2) is 0 Å². The molecule has 0 amide bonds. The van der Waals surface area contributed by atoms with Crippen LogP contribution in [0.2, 0.25) is 0 Å². The van der Waals surface area contributed by atoms with Crippen molar-refractivity contribution >= 4 is 38.9 Å². The van der Waals surface area contributed by atoms with Crippen molar-refractivity contribution in [1.82, 2.24) is 4.57 Å². The summed E-state index contributed by atoms with van der Waals surface area (Å²) in [7, 11) is 0. The number of rotatable bonds is 28. The highest BCUT2D eigenvalue weighted by Crippen LogP contribution is 2.56. The van der Waals surface area contributed by atoms with E-state index in [1.807, 2.05) is 0 Å². The zero-order valence-corrected chi connectivity index (χ0v) is 51.1. The van der Waals surface area contributed by atoms with Gasteiger partial charge in [0, 0.05) is 44.4 Å². The molecule has 0 bridgehead atoms. The van der Waals surface area contributed by atoms with Crippen molar-refractivity contribution < 1.29 is 0 Å². The fraction of sp³-hybridized carbons (Fsp3) is 0.341. The molecule has 1 aromatic heterocycles. The predicted molar refractivity (Wildman–Crippen MR) is 363 cm³/mol. The van der Waals surface area contributed by atoms with Gasteiger partial charge in [-0.15, -0.1) is 0 Å². The number of benzene rings is 9. The third kappa shape index (κ3) is 11.6. The van der Waals surface area contributed by atoms with E-state index in [2.05, 4.69) is 243 Å². The second-order valence-electron chi connectivity index (χ2n) is 25.5. The third-order valence-corrected chi connectivity index (χ3v) is 19.6. The van der Waals surface area contributed by atoms with E-state index in [4.69, 9.17) is 0 Å². The number of nitrogens with zero attached hydrogens (tertiary/aromatic N) is 2. The van der Waals surface area contributed by atoms with Crippen molar-refractivity contribution in [2.24, 2.45) is 0 Å². The van der Waals surface area contributed by atoms with E-state index in [0.29, 0.717) is 0 Å². The maximum absolute atomic E-state index is 2.64. The van der Waals surface area contributed by atoms with Gasteiger partial charge in [0.1, 0.15) is 0 Å². The summed E-state index contributed by atoms with van der Waals surface area (Å²) in [6.45, 7) is 9.39. The number of anilines is 3. The van der Waals surface area contributed by atoms with Gasteiger partial charge in [-0.3, -0.25) is 0 Å². The maximum Gasteiger partial charge on any atom is 0.0541 e. The largest absolute Gasteiger partial charge is 0.310 e. The second kappa shape index (κ2) is 26.2. The normalized spacial score (nSPS) is 13.5. The Morgan fingerprint density at radius 1 is 0.310 bits per heavy atom. The summed E-state index contributed by atoms with van der Waals surface area (Å²) in [6, 6.07) is 78.6. The van der Waals surface area contributed by atoms with Crippen molar-refractivity contribution in [2.75, 3.05) is 4.90 Å². The molecule has 10 aromatic rings. The van der Waals surface area contributed by atoms with Crippen molar-refractivity contribution in [3.8, 4) is 50.2 Å². The van der Waals surface area contributed by atoms with Gasteiger partial charge in [0.25, 0.3) is 0 Å². The number of hydrogen-bond acceptors (Lipinski definition) is 1. The van der Waals surface area contributed by atoms with Gasteiger partial charge < -0.3 is 9.47 Å². The summed E-state index contributed by atoms with van der Waals surface area (Å²) in [5.41, 5.74) is 23.5. The molecule has 1 heterocycles. The van der Waals surface area contributed by atoms with E-state index in [1.165, 1.54) is 224 Å². The van der Waals surface area contributed by atoms with Gasteiger partial charge in [0.05, 0.1) is 11.0 Å². The molecule has 0 fully saturated rings. The summed E-state index contributed by atoms with van der Waals surface area (Å²) in [4.78, 5) is 2.44. The Morgan fingerprint density at radius 2 is 0.750 bits per heavy atom. The molecule has 84 heavy (non-hydrogen) atoms. The van der Waals surface area contributed by atoms with Crippen LogP contribution in [0.3, 0.4) is 0 Å². The molecular weight excluding hydrogens is 1010 g/mol. The van der Waals surface area contributed by atoms with Crippen molar-refractivity contribution in [1.29, 1.82) is 0 Å². The number of para-hydroxylation sites is 1. The first kappa shape index (κ1) is 57.0. The first-order chi connectivity index (χ1) is 41.4. The predicted octanol–water partition coefficient (Wildman–Crippen LogP) is 24.8. The lowest BCUT2D eigenvalue weighted by atomic mass is 9.70. The van der Waals surface area contributed by atoms with Gasteiger partial charge in [-0.05, 0) is 146 Å². The molecule has 0 saturated carbocycles. The molecule has 2 aliphatic carbocycles. The van der Waals surface area contributed by atoms with Crippen LogP contribution < -0.4 is 4.90 Å². The van der Waals surface area contributed by atoms with Crippen LogP contribution in [0.1, 0.15) is 191 Å². The van der Waals surface area contributed by atoms with Gasteiger partial charge in [-0.1, -0.05) is 296 Å². The highest BCUT2D eigenvalue weighted by Gasteiger charge is 2.42. The fourth-order valence-electron chi connectivity index (χ4n) is 15.0. The molecule has 2 nitrogen and oxygen atoms in total. The molecule has 0 atom stereocenters. The molecule has 0 saturated heterocycles. The fourth-order valence-corrected chi connectivity index (χ4v) is 15.0. The Bertz CT molecular complexity index is 3770. The molecule has 2 aliphatic rings. The van der Waals surface area contributed by atoms with Crippen LogP contribution in [-0.2, 0) is 10.8 Å². The molecular formula is C82H90N2. The minimum Gasteiger partial charge on any atom is -0.310 e. The summed E-state index contributed by atoms with van der Waals surface area (Å²) >= 11 is 0. The van der Waals surface area contributed by atoms with Crippen LogP contribution in [0.5, 0.6) is 0 Å². The first-order valence-corrected chi connectivity index (χ1v) is 33.0. The molecule has 0 aliphatic heterocycles. The number of fused-ring (bicyclic) bond motifs is 9. The highest BCUT2D eigenvalue weighted by molar-refractivity contribution is 6.10. The Balaban J connectivity index is 0.856. The van der Waals surface area contributed by atoms with Crippen molar-refractivity contribution in [3.05, 3.63) is 229 Å². The molecule has 0 radical (unpaired) electrons. The van der Waals surface area contributed by atoms with Gasteiger partial charge in [0.2, 0.25) is 0 Å². The Morgan fingerprint density at radius 3 is 1.37 bits per heavy atom. The lowest BCUT2D eigenvalue weighted by molar-refractivity contribution is 0.397. The minimum atomic E-state index is -0.105. The summed E-state index contributed by atoms with van der Waals surface area (Å²) in [6.07, 6.45) is 29.8. The van der Waals surface area contributed by atoms with Crippen LogP contribution in [0, 0.1) is 0 Å². The zero-order chi connectivity index (χ0) is 57.3. The lowest BCUT2D eigenvalue weighted by Gasteiger charge is -2.33. The molecule has 0 spiro atoms. The Kier molecular flexibility index (Phi) is 17.8. The van der Waals surface area contributed by atoms with Crippen LogP contribution in [-0.4, -0.2) is 4.57 Å². The Labute approximate surface area is 504 Å². The highest BCUT2D eigenvalue weighted by atomic mass is 15.1. The number of aromatic nitrogens is 1. The number of unbranched alkanes of at least 4 members (excludes halogenated alkanes) is 18. The summed E-state index contributed by atoms with van der Waals surface area (Å²) in [5.74, 6) is 0. The van der Waals surface area contributed by atoms with Crippen molar-refractivity contribution in [2.45, 2.75) is 180 Å². The average molecular weight is 1100 g/mol. The molecule has 428 valence electrons. The molecule has 12 rings (SSSR count). The smallest absolute Gasteiger partial charge is 0.0541 e. The number of hydrogen-bond donors (Lipinski definition) is 0. The van der Waals surface area contributed by atoms with E-state index in [0.717, 1.165) is 17.1 Å².